The topological polar surface area (TPSA) is 79.6 Å². The van der Waals surface area contributed by atoms with Crippen LogP contribution < -0.4 is 4.90 Å². The van der Waals surface area contributed by atoms with E-state index in [9.17, 15) is 14.9 Å². The van der Waals surface area contributed by atoms with Gasteiger partial charge in [0.2, 0.25) is 0 Å². The molecule has 29 heavy (non-hydrogen) atoms. The summed E-state index contributed by atoms with van der Waals surface area (Å²) in [6.07, 6.45) is 3.14. The van der Waals surface area contributed by atoms with Crippen LogP contribution in [0.25, 0.3) is 16.3 Å². The summed E-state index contributed by atoms with van der Waals surface area (Å²) in [6, 6.07) is 12.1. The maximum Gasteiger partial charge on any atom is 0.269 e. The molecule has 0 radical (unpaired) electrons. The molecule has 150 valence electrons. The number of nitro benzene ring substituents is 1. The van der Waals surface area contributed by atoms with Crippen LogP contribution in [0, 0.1) is 17.0 Å². The molecule has 7 nitrogen and oxygen atoms in total. The number of benzene rings is 2. The van der Waals surface area contributed by atoms with E-state index in [0.717, 1.165) is 21.3 Å². The molecule has 0 bridgehead atoms. The van der Waals surface area contributed by atoms with E-state index in [0.29, 0.717) is 18.2 Å². The highest BCUT2D eigenvalue weighted by molar-refractivity contribution is 7.22. The van der Waals surface area contributed by atoms with Crippen LogP contribution in [0.1, 0.15) is 11.1 Å². The van der Waals surface area contributed by atoms with Crippen molar-refractivity contribution in [3.8, 4) is 0 Å². The number of likely N-dealkylation sites (N-methyl/N-ethyl adjacent to an activating group) is 1. The Labute approximate surface area is 173 Å². The Bertz CT molecular complexity index is 1060. The van der Waals surface area contributed by atoms with Crippen LogP contribution in [0.5, 0.6) is 0 Å². The van der Waals surface area contributed by atoms with Gasteiger partial charge in [-0.2, -0.15) is 0 Å². The maximum absolute atomic E-state index is 12.9. The first-order chi connectivity index (χ1) is 13.8. The first-order valence-corrected chi connectivity index (χ1v) is 9.92. The maximum atomic E-state index is 12.9. The van der Waals surface area contributed by atoms with Crippen LogP contribution in [0.3, 0.4) is 0 Å². The average molecular weight is 410 g/mol. The lowest BCUT2D eigenvalue weighted by atomic mass is 10.2. The van der Waals surface area contributed by atoms with Crippen molar-refractivity contribution in [2.45, 2.75) is 6.92 Å². The molecule has 0 unspecified atom stereocenters. The number of nitro groups is 1. The van der Waals surface area contributed by atoms with Crippen LogP contribution in [0.2, 0.25) is 0 Å². The number of aromatic nitrogens is 1. The molecule has 8 heteroatoms. The Hall–Kier alpha value is -3.10. The van der Waals surface area contributed by atoms with Crippen LogP contribution in [0.15, 0.2) is 48.5 Å². The Morgan fingerprint density at radius 2 is 1.90 bits per heavy atom. The summed E-state index contributed by atoms with van der Waals surface area (Å²) in [6.45, 7) is 3.22. The summed E-state index contributed by atoms with van der Waals surface area (Å²) in [5, 5.41) is 11.4. The minimum absolute atomic E-state index is 0.0194. The zero-order chi connectivity index (χ0) is 21.0. The number of amides is 1. The first kappa shape index (κ1) is 20.6. The molecule has 2 aromatic carbocycles. The van der Waals surface area contributed by atoms with Crippen molar-refractivity contribution in [2.24, 2.45) is 0 Å². The molecular weight excluding hydrogens is 388 g/mol. The van der Waals surface area contributed by atoms with E-state index >= 15 is 0 Å². The molecule has 0 aliphatic heterocycles. The van der Waals surface area contributed by atoms with Gasteiger partial charge >= 0.3 is 0 Å². The number of hydrogen-bond donors (Lipinski definition) is 0. The molecule has 0 aliphatic carbocycles. The molecular formula is C21H22N4O3S. The molecule has 1 aromatic heterocycles. The highest BCUT2D eigenvalue weighted by atomic mass is 32.1. The number of carbonyl (C=O) groups excluding carboxylic acids is 1. The monoisotopic (exact) mass is 410 g/mol. The van der Waals surface area contributed by atoms with Gasteiger partial charge in [-0.05, 0) is 56.4 Å². The van der Waals surface area contributed by atoms with E-state index in [4.69, 9.17) is 4.98 Å². The van der Waals surface area contributed by atoms with Crippen molar-refractivity contribution in [2.75, 3.05) is 32.1 Å². The largest absolute Gasteiger partial charge is 0.308 e. The van der Waals surface area contributed by atoms with Gasteiger partial charge in [0.25, 0.3) is 11.6 Å². The van der Waals surface area contributed by atoms with Crippen LogP contribution >= 0.6 is 11.3 Å². The zero-order valence-electron chi connectivity index (χ0n) is 16.5. The van der Waals surface area contributed by atoms with E-state index in [-0.39, 0.29) is 11.6 Å². The minimum atomic E-state index is -0.448. The van der Waals surface area contributed by atoms with Crippen molar-refractivity contribution < 1.29 is 9.72 Å². The highest BCUT2D eigenvalue weighted by Gasteiger charge is 2.18. The number of thiazole rings is 1. The standard InChI is InChI=1S/C21H22N4O3S/c1-15-5-4-6-18-20(15)22-21(29-18)24(14-13-23(2)3)19(26)12-9-16-7-10-17(11-8-16)25(27)28/h4-12H,13-14H2,1-3H3. The molecule has 0 spiro atoms. The molecule has 3 aromatic rings. The van der Waals surface area contributed by atoms with E-state index in [1.54, 1.807) is 23.1 Å². The van der Waals surface area contributed by atoms with Crippen LogP contribution in [-0.4, -0.2) is 47.9 Å². The second-order valence-electron chi connectivity index (χ2n) is 6.89. The number of carbonyl (C=O) groups is 1. The lowest BCUT2D eigenvalue weighted by Crippen LogP contribution is -2.35. The van der Waals surface area contributed by atoms with Gasteiger partial charge in [0.15, 0.2) is 5.13 Å². The predicted molar refractivity (Wildman–Crippen MR) is 117 cm³/mol. The number of para-hydroxylation sites is 1. The molecule has 0 N–H and O–H groups in total. The van der Waals surface area contributed by atoms with E-state index in [1.807, 2.05) is 44.1 Å². The molecule has 0 saturated heterocycles. The van der Waals surface area contributed by atoms with E-state index in [1.165, 1.54) is 29.5 Å². The molecule has 3 rings (SSSR count). The fourth-order valence-corrected chi connectivity index (χ4v) is 3.83. The van der Waals surface area contributed by atoms with Gasteiger partial charge in [0.1, 0.15) is 0 Å². The van der Waals surface area contributed by atoms with Crippen molar-refractivity contribution in [1.29, 1.82) is 0 Å². The highest BCUT2D eigenvalue weighted by Crippen LogP contribution is 2.30. The summed E-state index contributed by atoms with van der Waals surface area (Å²) in [7, 11) is 3.91. The smallest absolute Gasteiger partial charge is 0.269 e. The van der Waals surface area contributed by atoms with Gasteiger partial charge in [-0.3, -0.25) is 19.8 Å². The number of fused-ring (bicyclic) bond motifs is 1. The summed E-state index contributed by atoms with van der Waals surface area (Å²) in [4.78, 5) is 31.6. The SMILES string of the molecule is Cc1cccc2sc(N(CCN(C)C)C(=O)C=Cc3ccc([N+](=O)[O-])cc3)nc12. The number of anilines is 1. The Morgan fingerprint density at radius 1 is 1.17 bits per heavy atom. The number of rotatable bonds is 7. The lowest BCUT2D eigenvalue weighted by molar-refractivity contribution is -0.384. The molecule has 0 aliphatic rings. The Balaban J connectivity index is 1.85. The quantitative estimate of drug-likeness (QED) is 0.333. The van der Waals surface area contributed by atoms with Gasteiger partial charge in [0, 0.05) is 31.3 Å². The first-order valence-electron chi connectivity index (χ1n) is 9.10. The molecule has 1 amide bonds. The molecule has 1 heterocycles. The Kier molecular flexibility index (Phi) is 6.36. The van der Waals surface area contributed by atoms with Crippen LogP contribution in [0.4, 0.5) is 10.8 Å². The summed E-state index contributed by atoms with van der Waals surface area (Å²) in [5.41, 5.74) is 2.73. The third kappa shape index (κ3) is 5.04. The van der Waals surface area contributed by atoms with E-state index in [2.05, 4.69) is 0 Å². The lowest BCUT2D eigenvalue weighted by Gasteiger charge is -2.20. The van der Waals surface area contributed by atoms with Crippen molar-refractivity contribution in [1.82, 2.24) is 9.88 Å². The summed E-state index contributed by atoms with van der Waals surface area (Å²) < 4.78 is 1.04. The molecule has 0 fully saturated rings. The second kappa shape index (κ2) is 8.93. The number of nitrogens with zero attached hydrogens (tertiary/aromatic N) is 4. The predicted octanol–water partition coefficient (Wildman–Crippen LogP) is 4.12. The third-order valence-corrected chi connectivity index (χ3v) is 5.44. The van der Waals surface area contributed by atoms with Gasteiger partial charge in [-0.25, -0.2) is 4.98 Å². The van der Waals surface area contributed by atoms with E-state index < -0.39 is 4.92 Å². The zero-order valence-corrected chi connectivity index (χ0v) is 17.3. The van der Waals surface area contributed by atoms with Gasteiger partial charge in [-0.15, -0.1) is 0 Å². The molecule has 0 saturated carbocycles. The summed E-state index contributed by atoms with van der Waals surface area (Å²) >= 11 is 1.49. The third-order valence-electron chi connectivity index (χ3n) is 4.40. The van der Waals surface area contributed by atoms with Crippen molar-refractivity contribution in [3.05, 3.63) is 69.8 Å². The Morgan fingerprint density at radius 3 is 2.52 bits per heavy atom. The molecule has 0 atom stereocenters. The van der Waals surface area contributed by atoms with Crippen molar-refractivity contribution in [3.63, 3.8) is 0 Å². The normalized spacial score (nSPS) is 11.4. The van der Waals surface area contributed by atoms with Gasteiger partial charge in [-0.1, -0.05) is 23.5 Å². The van der Waals surface area contributed by atoms with Crippen molar-refractivity contribution >= 4 is 44.4 Å². The summed E-state index contributed by atoms with van der Waals surface area (Å²) in [5.74, 6) is -0.179. The fraction of sp³-hybridized carbons (Fsp3) is 0.238. The fourth-order valence-electron chi connectivity index (χ4n) is 2.75. The minimum Gasteiger partial charge on any atom is -0.308 e. The van der Waals surface area contributed by atoms with Gasteiger partial charge < -0.3 is 4.90 Å². The van der Waals surface area contributed by atoms with Crippen LogP contribution in [-0.2, 0) is 4.79 Å². The second-order valence-corrected chi connectivity index (χ2v) is 7.90. The number of hydrogen-bond acceptors (Lipinski definition) is 6. The van der Waals surface area contributed by atoms with Gasteiger partial charge in [0.05, 0.1) is 15.1 Å². The number of aryl methyl sites for hydroxylation is 1. The number of non-ortho nitro benzene ring substituents is 1. The average Bonchev–Trinajstić information content (AvgIpc) is 3.12.